The number of aryl methyl sites for hydroxylation is 1. The summed E-state index contributed by atoms with van der Waals surface area (Å²) in [5, 5.41) is 18.8. The van der Waals surface area contributed by atoms with Gasteiger partial charge in [0.15, 0.2) is 0 Å². The third-order valence-corrected chi connectivity index (χ3v) is 2.61. The fraction of sp³-hybridized carbons (Fsp3) is 0.167. The van der Waals surface area contributed by atoms with Gasteiger partial charge in [-0.05, 0) is 24.6 Å². The van der Waals surface area contributed by atoms with Crippen LogP contribution in [0, 0.1) is 6.92 Å². The maximum atomic E-state index is 11.6. The van der Waals surface area contributed by atoms with E-state index in [1.165, 1.54) is 6.07 Å². The van der Waals surface area contributed by atoms with Crippen LogP contribution in [0.2, 0.25) is 0 Å². The average Bonchev–Trinajstić information content (AvgIpc) is 2.23. The van der Waals surface area contributed by atoms with Crippen LogP contribution < -0.4 is 5.63 Å². The molecule has 0 spiro atoms. The smallest absolute Gasteiger partial charge is 0.340 e. The minimum Gasteiger partial charge on any atom is -0.507 e. The summed E-state index contributed by atoms with van der Waals surface area (Å²) in [5.41, 5.74) is 0.0767. The topological polar surface area (TPSA) is 87.7 Å². The molecule has 5 heteroatoms. The molecule has 5 nitrogen and oxygen atoms in total. The predicted molar refractivity (Wildman–Crippen MR) is 60.2 cm³/mol. The number of phenolic OH excluding ortho intramolecular Hbond substituents is 1. The van der Waals surface area contributed by atoms with Gasteiger partial charge in [0.05, 0.1) is 17.4 Å². The van der Waals surface area contributed by atoms with E-state index >= 15 is 0 Å². The van der Waals surface area contributed by atoms with E-state index in [4.69, 9.17) is 9.52 Å². The molecule has 0 fully saturated rings. The normalized spacial score (nSPS) is 10.6. The molecule has 0 aliphatic heterocycles. The highest BCUT2D eigenvalue weighted by Crippen LogP contribution is 2.28. The van der Waals surface area contributed by atoms with Gasteiger partial charge in [0.2, 0.25) is 0 Å². The van der Waals surface area contributed by atoms with Gasteiger partial charge in [-0.25, -0.2) is 4.79 Å². The van der Waals surface area contributed by atoms with E-state index in [9.17, 15) is 14.7 Å². The highest BCUT2D eigenvalue weighted by Gasteiger charge is 2.15. The molecule has 0 atom stereocenters. The van der Waals surface area contributed by atoms with E-state index in [-0.39, 0.29) is 16.9 Å². The molecular weight excluding hydrogens is 224 g/mol. The van der Waals surface area contributed by atoms with E-state index in [1.807, 2.05) is 0 Å². The second-order valence-corrected chi connectivity index (χ2v) is 3.71. The van der Waals surface area contributed by atoms with Crippen molar-refractivity contribution < 1.29 is 19.4 Å². The molecule has 2 rings (SSSR count). The number of carboxylic acids is 1. The summed E-state index contributed by atoms with van der Waals surface area (Å²) in [6.07, 6.45) is -0.418. The SMILES string of the molecule is Cc1c(CC(=O)O)c(=O)oc2cccc(O)c12. The Balaban J connectivity index is 2.83. The van der Waals surface area contributed by atoms with Crippen molar-refractivity contribution in [2.75, 3.05) is 0 Å². The van der Waals surface area contributed by atoms with E-state index in [0.29, 0.717) is 10.9 Å². The minimum absolute atomic E-state index is 0.0320. The second-order valence-electron chi connectivity index (χ2n) is 3.71. The quantitative estimate of drug-likeness (QED) is 0.767. The number of phenols is 1. The number of aliphatic carboxylic acids is 1. The summed E-state index contributed by atoms with van der Waals surface area (Å²) >= 11 is 0. The number of hydrogen-bond acceptors (Lipinski definition) is 4. The standard InChI is InChI=1S/C12H10O5/c1-6-7(5-10(14)15)12(16)17-9-4-2-3-8(13)11(6)9/h2-4,13H,5H2,1H3,(H,14,15). The molecular formula is C12H10O5. The summed E-state index contributed by atoms with van der Waals surface area (Å²) in [6, 6.07) is 4.56. The van der Waals surface area contributed by atoms with Crippen LogP contribution in [0.1, 0.15) is 11.1 Å². The number of carbonyl (C=O) groups is 1. The Labute approximate surface area is 95.9 Å². The molecule has 1 aromatic heterocycles. The van der Waals surface area contributed by atoms with E-state index < -0.39 is 18.0 Å². The number of carboxylic acid groups (broad SMARTS) is 1. The lowest BCUT2D eigenvalue weighted by atomic mass is 10.0. The first-order chi connectivity index (χ1) is 8.00. The molecule has 1 heterocycles. The van der Waals surface area contributed by atoms with Crippen LogP contribution in [0.5, 0.6) is 5.75 Å². The molecule has 0 saturated heterocycles. The lowest BCUT2D eigenvalue weighted by molar-refractivity contribution is -0.136. The summed E-state index contributed by atoms with van der Waals surface area (Å²) in [7, 11) is 0. The summed E-state index contributed by atoms with van der Waals surface area (Å²) < 4.78 is 4.98. The first-order valence-electron chi connectivity index (χ1n) is 4.96. The fourth-order valence-corrected chi connectivity index (χ4v) is 1.80. The van der Waals surface area contributed by atoms with Crippen LogP contribution in [0.15, 0.2) is 27.4 Å². The van der Waals surface area contributed by atoms with Gasteiger partial charge in [-0.15, -0.1) is 0 Å². The molecule has 0 radical (unpaired) electrons. The van der Waals surface area contributed by atoms with Gasteiger partial charge in [-0.1, -0.05) is 6.07 Å². The third-order valence-electron chi connectivity index (χ3n) is 2.61. The molecule has 2 aromatic rings. The fourth-order valence-electron chi connectivity index (χ4n) is 1.80. The first-order valence-corrected chi connectivity index (χ1v) is 4.96. The third kappa shape index (κ3) is 1.87. The van der Waals surface area contributed by atoms with E-state index in [1.54, 1.807) is 19.1 Å². The zero-order valence-corrected chi connectivity index (χ0v) is 9.06. The van der Waals surface area contributed by atoms with Crippen molar-refractivity contribution in [1.29, 1.82) is 0 Å². The zero-order valence-electron chi connectivity index (χ0n) is 9.06. The number of rotatable bonds is 2. The Morgan fingerprint density at radius 1 is 1.41 bits per heavy atom. The van der Waals surface area contributed by atoms with Crippen molar-refractivity contribution in [3.8, 4) is 5.75 Å². The van der Waals surface area contributed by atoms with Crippen LogP contribution in [-0.2, 0) is 11.2 Å². The van der Waals surface area contributed by atoms with Crippen molar-refractivity contribution in [2.45, 2.75) is 13.3 Å². The van der Waals surface area contributed by atoms with Crippen molar-refractivity contribution in [1.82, 2.24) is 0 Å². The zero-order chi connectivity index (χ0) is 12.6. The lowest BCUT2D eigenvalue weighted by Crippen LogP contribution is -2.14. The maximum absolute atomic E-state index is 11.6. The van der Waals surface area contributed by atoms with Crippen LogP contribution in [0.3, 0.4) is 0 Å². The second kappa shape index (κ2) is 3.93. The molecule has 0 saturated carbocycles. The van der Waals surface area contributed by atoms with Crippen molar-refractivity contribution in [3.63, 3.8) is 0 Å². The molecule has 0 amide bonds. The van der Waals surface area contributed by atoms with Crippen LogP contribution in [0.4, 0.5) is 0 Å². The average molecular weight is 234 g/mol. The Bertz CT molecular complexity index is 654. The highest BCUT2D eigenvalue weighted by molar-refractivity contribution is 5.88. The van der Waals surface area contributed by atoms with Crippen LogP contribution in [-0.4, -0.2) is 16.2 Å². The van der Waals surface area contributed by atoms with Gasteiger partial charge in [0.25, 0.3) is 0 Å². The summed E-state index contributed by atoms with van der Waals surface area (Å²) in [4.78, 5) is 22.2. The van der Waals surface area contributed by atoms with Crippen molar-refractivity contribution in [2.24, 2.45) is 0 Å². The molecule has 0 aliphatic carbocycles. The molecule has 0 aliphatic rings. The number of fused-ring (bicyclic) bond motifs is 1. The molecule has 0 unspecified atom stereocenters. The lowest BCUT2D eigenvalue weighted by Gasteiger charge is -2.06. The van der Waals surface area contributed by atoms with Crippen molar-refractivity contribution >= 4 is 16.9 Å². The van der Waals surface area contributed by atoms with Gasteiger partial charge < -0.3 is 14.6 Å². The Kier molecular flexibility index (Phi) is 2.59. The van der Waals surface area contributed by atoms with E-state index in [0.717, 1.165) is 0 Å². The summed E-state index contributed by atoms with van der Waals surface area (Å²) in [6.45, 7) is 1.59. The van der Waals surface area contributed by atoms with Crippen LogP contribution in [0.25, 0.3) is 11.0 Å². The first kappa shape index (κ1) is 11.2. The van der Waals surface area contributed by atoms with Gasteiger partial charge >= 0.3 is 11.6 Å². The largest absolute Gasteiger partial charge is 0.507 e. The Hall–Kier alpha value is -2.30. The molecule has 88 valence electrons. The molecule has 2 N–H and O–H groups in total. The molecule has 1 aromatic carbocycles. The number of aromatic hydroxyl groups is 1. The minimum atomic E-state index is -1.12. The summed E-state index contributed by atoms with van der Waals surface area (Å²) in [5.74, 6) is -1.15. The Morgan fingerprint density at radius 3 is 2.76 bits per heavy atom. The van der Waals surface area contributed by atoms with Crippen molar-refractivity contribution in [3.05, 3.63) is 39.7 Å². The van der Waals surface area contributed by atoms with Crippen LogP contribution >= 0.6 is 0 Å². The van der Waals surface area contributed by atoms with Gasteiger partial charge in [0, 0.05) is 0 Å². The van der Waals surface area contributed by atoms with Gasteiger partial charge in [-0.3, -0.25) is 4.79 Å². The van der Waals surface area contributed by atoms with Gasteiger partial charge in [-0.2, -0.15) is 0 Å². The monoisotopic (exact) mass is 234 g/mol. The highest BCUT2D eigenvalue weighted by atomic mass is 16.4. The van der Waals surface area contributed by atoms with E-state index in [2.05, 4.69) is 0 Å². The maximum Gasteiger partial charge on any atom is 0.340 e. The number of benzene rings is 1. The predicted octanol–water partition coefficient (Wildman–Crippen LogP) is 1.43. The van der Waals surface area contributed by atoms with Gasteiger partial charge in [0.1, 0.15) is 11.3 Å². The Morgan fingerprint density at radius 2 is 2.12 bits per heavy atom. The molecule has 0 bridgehead atoms. The number of hydrogen-bond donors (Lipinski definition) is 2. The molecule has 17 heavy (non-hydrogen) atoms.